The number of hydrogen-bond donors (Lipinski definition) is 1. The summed E-state index contributed by atoms with van der Waals surface area (Å²) in [5.41, 5.74) is 2.05. The molecule has 128 valence electrons. The molecular formula is C21H24N4. The van der Waals surface area contributed by atoms with E-state index in [0.29, 0.717) is 0 Å². The van der Waals surface area contributed by atoms with Gasteiger partial charge in [-0.25, -0.2) is 0 Å². The molecule has 1 aliphatic rings. The molecule has 1 aromatic heterocycles. The number of anilines is 1. The molecule has 0 saturated carbocycles. The largest absolute Gasteiger partial charge is 0.367 e. The maximum Gasteiger partial charge on any atom is 0.156 e. The predicted octanol–water partition coefficient (Wildman–Crippen LogP) is 4.19. The van der Waals surface area contributed by atoms with Gasteiger partial charge in [0, 0.05) is 29.4 Å². The molecule has 4 nitrogen and oxygen atoms in total. The highest BCUT2D eigenvalue weighted by molar-refractivity contribution is 5.99. The van der Waals surface area contributed by atoms with E-state index in [0.717, 1.165) is 40.9 Å². The highest BCUT2D eigenvalue weighted by Gasteiger charge is 2.12. The molecule has 0 atom stereocenters. The first-order valence-corrected chi connectivity index (χ1v) is 9.19. The van der Waals surface area contributed by atoms with E-state index in [-0.39, 0.29) is 0 Å². The minimum absolute atomic E-state index is 0.882. The second-order valence-corrected chi connectivity index (χ2v) is 6.64. The van der Waals surface area contributed by atoms with E-state index in [4.69, 9.17) is 0 Å². The highest BCUT2D eigenvalue weighted by Crippen LogP contribution is 2.29. The van der Waals surface area contributed by atoms with Gasteiger partial charge in [0.05, 0.1) is 0 Å². The van der Waals surface area contributed by atoms with Crippen molar-refractivity contribution >= 4 is 16.6 Å². The van der Waals surface area contributed by atoms with Gasteiger partial charge in [-0.2, -0.15) is 0 Å². The molecule has 1 aliphatic heterocycles. The predicted molar refractivity (Wildman–Crippen MR) is 104 cm³/mol. The van der Waals surface area contributed by atoms with Crippen molar-refractivity contribution in [1.29, 1.82) is 0 Å². The fourth-order valence-corrected chi connectivity index (χ4v) is 3.56. The normalized spacial score (nSPS) is 15.4. The number of piperidine rings is 1. The fourth-order valence-electron chi connectivity index (χ4n) is 3.56. The summed E-state index contributed by atoms with van der Waals surface area (Å²) in [5, 5.41) is 14.8. The van der Waals surface area contributed by atoms with Crippen LogP contribution in [0.2, 0.25) is 0 Å². The minimum Gasteiger partial charge on any atom is -0.367 e. The van der Waals surface area contributed by atoms with E-state index in [1.165, 1.54) is 32.4 Å². The average Bonchev–Trinajstić information content (AvgIpc) is 2.69. The van der Waals surface area contributed by atoms with Gasteiger partial charge in [0.25, 0.3) is 0 Å². The van der Waals surface area contributed by atoms with Gasteiger partial charge < -0.3 is 10.2 Å². The molecule has 0 radical (unpaired) electrons. The molecular weight excluding hydrogens is 308 g/mol. The van der Waals surface area contributed by atoms with Crippen molar-refractivity contribution in [2.75, 3.05) is 31.5 Å². The lowest BCUT2D eigenvalue weighted by Gasteiger charge is -2.26. The van der Waals surface area contributed by atoms with Gasteiger partial charge in [-0.1, -0.05) is 61.0 Å². The van der Waals surface area contributed by atoms with Crippen LogP contribution in [0, 0.1) is 0 Å². The lowest BCUT2D eigenvalue weighted by atomic mass is 10.0. The Morgan fingerprint density at radius 1 is 0.800 bits per heavy atom. The molecule has 2 heterocycles. The van der Waals surface area contributed by atoms with Crippen LogP contribution in [-0.4, -0.2) is 41.3 Å². The zero-order valence-electron chi connectivity index (χ0n) is 14.5. The summed E-state index contributed by atoms with van der Waals surface area (Å²) < 4.78 is 0. The number of nitrogens with one attached hydrogen (secondary N) is 1. The number of hydrogen-bond acceptors (Lipinski definition) is 4. The molecule has 0 bridgehead atoms. The van der Waals surface area contributed by atoms with Crippen molar-refractivity contribution in [2.24, 2.45) is 0 Å². The van der Waals surface area contributed by atoms with E-state index in [1.54, 1.807) is 0 Å². The van der Waals surface area contributed by atoms with Crippen molar-refractivity contribution < 1.29 is 0 Å². The highest BCUT2D eigenvalue weighted by atomic mass is 15.2. The average molecular weight is 332 g/mol. The molecule has 1 fully saturated rings. The number of benzene rings is 2. The Kier molecular flexibility index (Phi) is 4.89. The van der Waals surface area contributed by atoms with Crippen molar-refractivity contribution in [1.82, 2.24) is 15.1 Å². The molecule has 25 heavy (non-hydrogen) atoms. The van der Waals surface area contributed by atoms with E-state index >= 15 is 0 Å². The molecule has 2 aromatic carbocycles. The maximum absolute atomic E-state index is 4.52. The minimum atomic E-state index is 0.882. The van der Waals surface area contributed by atoms with Crippen LogP contribution >= 0.6 is 0 Å². The molecule has 0 aliphatic carbocycles. The standard InChI is InChI=1S/C21H24N4/c1-3-9-17(10-4-1)20-18-11-5-6-12-19(18)21(24-23-20)22-13-16-25-14-7-2-8-15-25/h1,3-6,9-12H,2,7-8,13-16H2,(H,22,24). The Bertz CT molecular complexity index is 826. The monoisotopic (exact) mass is 332 g/mol. The Morgan fingerprint density at radius 3 is 2.32 bits per heavy atom. The van der Waals surface area contributed by atoms with Crippen molar-refractivity contribution in [2.45, 2.75) is 19.3 Å². The first kappa shape index (κ1) is 16.0. The van der Waals surface area contributed by atoms with Crippen LogP contribution in [0.25, 0.3) is 22.0 Å². The van der Waals surface area contributed by atoms with E-state index in [1.807, 2.05) is 18.2 Å². The van der Waals surface area contributed by atoms with Gasteiger partial charge in [0.15, 0.2) is 5.82 Å². The smallest absolute Gasteiger partial charge is 0.156 e. The Labute approximate surface area is 148 Å². The van der Waals surface area contributed by atoms with Gasteiger partial charge in [0.1, 0.15) is 5.69 Å². The number of likely N-dealkylation sites (tertiary alicyclic amines) is 1. The van der Waals surface area contributed by atoms with Gasteiger partial charge in [-0.3, -0.25) is 0 Å². The van der Waals surface area contributed by atoms with Crippen molar-refractivity contribution in [3.8, 4) is 11.3 Å². The van der Waals surface area contributed by atoms with E-state index < -0.39 is 0 Å². The molecule has 4 rings (SSSR count). The first-order chi connectivity index (χ1) is 12.4. The molecule has 0 unspecified atom stereocenters. The summed E-state index contributed by atoms with van der Waals surface area (Å²) in [6.07, 6.45) is 4.03. The van der Waals surface area contributed by atoms with Crippen molar-refractivity contribution in [3.05, 3.63) is 54.6 Å². The second kappa shape index (κ2) is 7.62. The molecule has 0 amide bonds. The van der Waals surface area contributed by atoms with E-state index in [2.05, 4.69) is 56.8 Å². The van der Waals surface area contributed by atoms with Crippen LogP contribution in [0.15, 0.2) is 54.6 Å². The topological polar surface area (TPSA) is 41.1 Å². The number of nitrogens with zero attached hydrogens (tertiary/aromatic N) is 3. The maximum atomic E-state index is 4.52. The first-order valence-electron chi connectivity index (χ1n) is 9.19. The van der Waals surface area contributed by atoms with E-state index in [9.17, 15) is 0 Å². The Balaban J connectivity index is 1.56. The summed E-state index contributed by atoms with van der Waals surface area (Å²) in [7, 11) is 0. The molecule has 1 N–H and O–H groups in total. The summed E-state index contributed by atoms with van der Waals surface area (Å²) in [4.78, 5) is 2.53. The number of rotatable bonds is 5. The van der Waals surface area contributed by atoms with Gasteiger partial charge in [-0.15, -0.1) is 10.2 Å². The number of aromatic nitrogens is 2. The Morgan fingerprint density at radius 2 is 1.52 bits per heavy atom. The lowest BCUT2D eigenvalue weighted by Crippen LogP contribution is -2.33. The molecule has 4 heteroatoms. The zero-order valence-corrected chi connectivity index (χ0v) is 14.5. The van der Waals surface area contributed by atoms with Gasteiger partial charge >= 0.3 is 0 Å². The summed E-state index contributed by atoms with van der Waals surface area (Å²) >= 11 is 0. The van der Waals surface area contributed by atoms with Crippen molar-refractivity contribution in [3.63, 3.8) is 0 Å². The van der Waals surface area contributed by atoms with Crippen LogP contribution in [0.5, 0.6) is 0 Å². The number of fused-ring (bicyclic) bond motifs is 1. The third kappa shape index (κ3) is 3.64. The quantitative estimate of drug-likeness (QED) is 0.760. The van der Waals surface area contributed by atoms with Crippen LogP contribution in [-0.2, 0) is 0 Å². The lowest BCUT2D eigenvalue weighted by molar-refractivity contribution is 0.237. The van der Waals surface area contributed by atoms with Crippen LogP contribution in [0.1, 0.15) is 19.3 Å². The third-order valence-corrected chi connectivity index (χ3v) is 4.90. The zero-order chi connectivity index (χ0) is 16.9. The summed E-state index contributed by atoms with van der Waals surface area (Å²) in [6.45, 7) is 4.42. The van der Waals surface area contributed by atoms with Gasteiger partial charge in [0.2, 0.25) is 0 Å². The second-order valence-electron chi connectivity index (χ2n) is 6.64. The molecule has 0 spiro atoms. The Hall–Kier alpha value is -2.46. The SMILES string of the molecule is c1ccc(-c2nnc(NCCN3CCCCC3)c3ccccc23)cc1. The van der Waals surface area contributed by atoms with Crippen LogP contribution < -0.4 is 5.32 Å². The van der Waals surface area contributed by atoms with Gasteiger partial charge in [-0.05, 0) is 25.9 Å². The molecule has 1 saturated heterocycles. The third-order valence-electron chi connectivity index (χ3n) is 4.90. The summed E-state index contributed by atoms with van der Waals surface area (Å²) in [5.74, 6) is 0.882. The molecule has 3 aromatic rings. The van der Waals surface area contributed by atoms with Crippen LogP contribution in [0.4, 0.5) is 5.82 Å². The van der Waals surface area contributed by atoms with Crippen LogP contribution in [0.3, 0.4) is 0 Å². The fraction of sp³-hybridized carbons (Fsp3) is 0.333. The summed E-state index contributed by atoms with van der Waals surface area (Å²) in [6, 6.07) is 18.6.